The van der Waals surface area contributed by atoms with Crippen LogP contribution in [0.4, 0.5) is 5.95 Å². The third kappa shape index (κ3) is 4.55. The molecule has 1 N–H and O–H groups in total. The SMILES string of the molecule is CCCCSc1nc2n(n1)C(c1ccccc1OCc1ccccc1)C1=C(CCCC1=O)N2. The number of carbonyl (C=O) groups is 1. The van der Waals surface area contributed by atoms with Gasteiger partial charge in [-0.25, -0.2) is 4.68 Å². The number of para-hydroxylation sites is 1. The number of rotatable bonds is 8. The number of ether oxygens (including phenoxy) is 1. The summed E-state index contributed by atoms with van der Waals surface area (Å²) in [5, 5.41) is 8.98. The molecule has 2 heterocycles. The van der Waals surface area contributed by atoms with Crippen LogP contribution in [0.15, 0.2) is 71.0 Å². The van der Waals surface area contributed by atoms with E-state index in [-0.39, 0.29) is 11.8 Å². The first-order valence-corrected chi connectivity index (χ1v) is 12.6. The number of benzene rings is 2. The molecule has 1 atom stereocenters. The average molecular weight is 461 g/mol. The van der Waals surface area contributed by atoms with Gasteiger partial charge in [-0.05, 0) is 30.9 Å². The summed E-state index contributed by atoms with van der Waals surface area (Å²) in [6.45, 7) is 2.64. The highest BCUT2D eigenvalue weighted by atomic mass is 32.2. The molecular weight excluding hydrogens is 432 g/mol. The minimum atomic E-state index is -0.343. The summed E-state index contributed by atoms with van der Waals surface area (Å²) >= 11 is 1.66. The molecule has 6 nitrogen and oxygen atoms in total. The van der Waals surface area contributed by atoms with Gasteiger partial charge in [0.15, 0.2) is 5.78 Å². The first-order valence-electron chi connectivity index (χ1n) is 11.6. The van der Waals surface area contributed by atoms with Crippen molar-refractivity contribution < 1.29 is 9.53 Å². The number of aromatic nitrogens is 3. The van der Waals surface area contributed by atoms with E-state index in [1.165, 1.54) is 0 Å². The minimum absolute atomic E-state index is 0.174. The van der Waals surface area contributed by atoms with E-state index in [0.29, 0.717) is 19.0 Å². The van der Waals surface area contributed by atoms with Crippen LogP contribution in [-0.2, 0) is 11.4 Å². The quantitative estimate of drug-likeness (QED) is 0.340. The van der Waals surface area contributed by atoms with Crippen LogP contribution in [0.3, 0.4) is 0 Å². The lowest BCUT2D eigenvalue weighted by Crippen LogP contribution is -2.31. The average Bonchev–Trinajstić information content (AvgIpc) is 3.25. The van der Waals surface area contributed by atoms with E-state index in [0.717, 1.165) is 64.7 Å². The monoisotopic (exact) mass is 460 g/mol. The zero-order valence-electron chi connectivity index (χ0n) is 18.8. The van der Waals surface area contributed by atoms with Gasteiger partial charge in [0.05, 0.1) is 0 Å². The molecule has 1 aliphatic heterocycles. The van der Waals surface area contributed by atoms with E-state index in [9.17, 15) is 4.79 Å². The van der Waals surface area contributed by atoms with Crippen molar-refractivity contribution in [2.45, 2.75) is 56.8 Å². The summed E-state index contributed by atoms with van der Waals surface area (Å²) in [6.07, 6.45) is 4.52. The smallest absolute Gasteiger partial charge is 0.227 e. The molecule has 0 amide bonds. The van der Waals surface area contributed by atoms with Gasteiger partial charge in [0, 0.05) is 29.0 Å². The summed E-state index contributed by atoms with van der Waals surface area (Å²) < 4.78 is 8.15. The van der Waals surface area contributed by atoms with E-state index in [2.05, 4.69) is 12.2 Å². The maximum atomic E-state index is 13.1. The van der Waals surface area contributed by atoms with Crippen LogP contribution < -0.4 is 10.1 Å². The molecule has 0 fully saturated rings. The van der Waals surface area contributed by atoms with E-state index in [1.807, 2.05) is 59.3 Å². The summed E-state index contributed by atoms with van der Waals surface area (Å²) in [6, 6.07) is 17.7. The molecule has 0 radical (unpaired) electrons. The molecule has 3 aromatic rings. The van der Waals surface area contributed by atoms with E-state index >= 15 is 0 Å². The highest BCUT2D eigenvalue weighted by molar-refractivity contribution is 7.99. The topological polar surface area (TPSA) is 69.0 Å². The molecule has 1 aromatic heterocycles. The van der Waals surface area contributed by atoms with Gasteiger partial charge in [-0.1, -0.05) is 73.6 Å². The van der Waals surface area contributed by atoms with Gasteiger partial charge in [-0.2, -0.15) is 4.98 Å². The van der Waals surface area contributed by atoms with Crippen LogP contribution in [0, 0.1) is 0 Å². The molecule has 5 rings (SSSR count). The number of fused-ring (bicyclic) bond motifs is 1. The lowest BCUT2D eigenvalue weighted by Gasteiger charge is -2.32. The second-order valence-corrected chi connectivity index (χ2v) is 9.44. The van der Waals surface area contributed by atoms with Crippen molar-refractivity contribution in [1.82, 2.24) is 14.8 Å². The molecule has 7 heteroatoms. The van der Waals surface area contributed by atoms with Gasteiger partial charge in [-0.15, -0.1) is 5.10 Å². The Kier molecular flexibility index (Phi) is 6.48. The van der Waals surface area contributed by atoms with E-state index < -0.39 is 0 Å². The van der Waals surface area contributed by atoms with Crippen LogP contribution >= 0.6 is 11.8 Å². The molecule has 2 aromatic carbocycles. The highest BCUT2D eigenvalue weighted by Crippen LogP contribution is 2.43. The molecular formula is C26H28N4O2S. The van der Waals surface area contributed by atoms with E-state index in [1.54, 1.807) is 11.8 Å². The Bertz CT molecular complexity index is 1170. The number of anilines is 1. The van der Waals surface area contributed by atoms with Crippen molar-refractivity contribution in [1.29, 1.82) is 0 Å². The standard InChI is InChI=1S/C26H28N4O2S/c1-2-3-16-33-26-28-25-27-20-13-9-14-21(31)23(20)24(30(25)29-26)19-12-7-8-15-22(19)32-17-18-10-5-4-6-11-18/h4-8,10-12,15,24H,2-3,9,13-14,16-17H2,1H3,(H,27,28,29). The number of Topliss-reactive ketones (excluding diaryl/α,β-unsaturated/α-hetero) is 1. The van der Waals surface area contributed by atoms with Gasteiger partial charge in [-0.3, -0.25) is 4.79 Å². The van der Waals surface area contributed by atoms with Crippen LogP contribution in [0.25, 0.3) is 0 Å². The first kappa shape index (κ1) is 21.8. The summed E-state index contributed by atoms with van der Waals surface area (Å²) in [5.41, 5.74) is 3.80. The van der Waals surface area contributed by atoms with Gasteiger partial charge < -0.3 is 10.1 Å². The second-order valence-electron chi connectivity index (χ2n) is 8.37. The molecule has 0 bridgehead atoms. The number of ketones is 1. The Morgan fingerprint density at radius 3 is 2.79 bits per heavy atom. The van der Waals surface area contributed by atoms with Crippen molar-refractivity contribution >= 4 is 23.5 Å². The summed E-state index contributed by atoms with van der Waals surface area (Å²) in [5.74, 6) is 2.62. The van der Waals surface area contributed by atoms with Crippen LogP contribution in [0.2, 0.25) is 0 Å². The molecule has 170 valence electrons. The number of carbonyl (C=O) groups excluding carboxylic acids is 1. The zero-order chi connectivity index (χ0) is 22.6. The number of allylic oxidation sites excluding steroid dienone is 2. The third-order valence-electron chi connectivity index (χ3n) is 6.03. The fourth-order valence-corrected chi connectivity index (χ4v) is 5.28. The molecule has 0 saturated heterocycles. The van der Waals surface area contributed by atoms with Crippen LogP contribution in [-0.4, -0.2) is 26.3 Å². The lowest BCUT2D eigenvalue weighted by molar-refractivity contribution is -0.116. The Morgan fingerprint density at radius 2 is 1.94 bits per heavy atom. The van der Waals surface area contributed by atoms with Gasteiger partial charge in [0.25, 0.3) is 0 Å². The minimum Gasteiger partial charge on any atom is -0.489 e. The Hall–Kier alpha value is -3.06. The number of thioether (sulfide) groups is 1. The predicted octanol–water partition coefficient (Wildman–Crippen LogP) is 5.77. The predicted molar refractivity (Wildman–Crippen MR) is 131 cm³/mol. The summed E-state index contributed by atoms with van der Waals surface area (Å²) in [7, 11) is 0. The molecule has 33 heavy (non-hydrogen) atoms. The Balaban J connectivity index is 1.53. The first-order chi connectivity index (χ1) is 16.2. The van der Waals surface area contributed by atoms with Crippen molar-refractivity contribution in [3.05, 3.63) is 77.0 Å². The van der Waals surface area contributed by atoms with Crippen molar-refractivity contribution in [3.63, 3.8) is 0 Å². The van der Waals surface area contributed by atoms with Crippen molar-refractivity contribution in [2.24, 2.45) is 0 Å². The normalized spacial score (nSPS) is 17.4. The Morgan fingerprint density at radius 1 is 1.12 bits per heavy atom. The van der Waals surface area contributed by atoms with Crippen molar-refractivity contribution in [3.8, 4) is 5.75 Å². The highest BCUT2D eigenvalue weighted by Gasteiger charge is 2.38. The molecule has 1 aliphatic carbocycles. The largest absolute Gasteiger partial charge is 0.489 e. The Labute approximate surface area is 198 Å². The maximum absolute atomic E-state index is 13.1. The fourth-order valence-electron chi connectivity index (χ4n) is 4.37. The molecule has 0 spiro atoms. The second kappa shape index (κ2) is 9.83. The molecule has 0 saturated carbocycles. The third-order valence-corrected chi connectivity index (χ3v) is 6.95. The summed E-state index contributed by atoms with van der Waals surface area (Å²) in [4.78, 5) is 17.9. The number of nitrogens with one attached hydrogen (secondary N) is 1. The number of nitrogens with zero attached hydrogens (tertiary/aromatic N) is 3. The van der Waals surface area contributed by atoms with Crippen LogP contribution in [0.5, 0.6) is 5.75 Å². The van der Waals surface area contributed by atoms with Gasteiger partial charge in [0.1, 0.15) is 18.4 Å². The van der Waals surface area contributed by atoms with Crippen molar-refractivity contribution in [2.75, 3.05) is 11.1 Å². The fraction of sp³-hybridized carbons (Fsp3) is 0.346. The zero-order valence-corrected chi connectivity index (χ0v) is 19.6. The number of hydrogen-bond acceptors (Lipinski definition) is 6. The maximum Gasteiger partial charge on any atom is 0.227 e. The van der Waals surface area contributed by atoms with Crippen LogP contribution in [0.1, 0.15) is 56.2 Å². The molecule has 1 unspecified atom stereocenters. The van der Waals surface area contributed by atoms with Gasteiger partial charge in [0.2, 0.25) is 11.1 Å². The number of unbranched alkanes of at least 4 members (excludes halogenated alkanes) is 1. The number of hydrogen-bond donors (Lipinski definition) is 1. The van der Waals surface area contributed by atoms with E-state index in [4.69, 9.17) is 14.8 Å². The lowest BCUT2D eigenvalue weighted by atomic mass is 9.85. The van der Waals surface area contributed by atoms with Gasteiger partial charge >= 0.3 is 0 Å². The molecule has 2 aliphatic rings.